The molecule has 4 heterocycles. The van der Waals surface area contributed by atoms with Crippen molar-refractivity contribution in [3.8, 4) is 0 Å². The molecule has 0 spiro atoms. The molecule has 2 atom stereocenters. The van der Waals surface area contributed by atoms with Crippen LogP contribution in [0.25, 0.3) is 5.52 Å². The number of fused-ring (bicyclic) bond motifs is 1. The van der Waals surface area contributed by atoms with Crippen LogP contribution in [0.5, 0.6) is 0 Å². The van der Waals surface area contributed by atoms with Crippen molar-refractivity contribution < 1.29 is 22.8 Å². The largest absolute Gasteiger partial charge is 0.389 e. The van der Waals surface area contributed by atoms with Crippen LogP contribution in [0.1, 0.15) is 40.2 Å². The number of H-pyrrole nitrogens is 1. The molecule has 4 rings (SSSR count). The molecule has 1 aliphatic heterocycles. The lowest BCUT2D eigenvalue weighted by Crippen LogP contribution is -2.54. The van der Waals surface area contributed by atoms with Crippen LogP contribution in [0.3, 0.4) is 0 Å². The highest BCUT2D eigenvalue weighted by molar-refractivity contribution is 6.00. The third-order valence-corrected chi connectivity index (χ3v) is 5.55. The molecule has 0 unspecified atom stereocenters. The number of hydrogen-bond acceptors (Lipinski definition) is 4. The number of likely N-dealkylation sites (tertiary alicyclic amines) is 1. The molecule has 2 N–H and O–H groups in total. The van der Waals surface area contributed by atoms with Crippen LogP contribution in [-0.2, 0) is 0 Å². The van der Waals surface area contributed by atoms with Gasteiger partial charge in [0.2, 0.25) is 0 Å². The zero-order chi connectivity index (χ0) is 22.0. The SMILES string of the molecule is O=C(N[C@@H]1CN(C(=O)c2cccn3cncc23)CC[C@H]1CCC(F)(F)F)c1ncc[nH]1. The molecule has 3 aromatic heterocycles. The first kappa shape index (κ1) is 20.9. The molecule has 1 aliphatic rings. The van der Waals surface area contributed by atoms with E-state index in [1.165, 1.54) is 12.4 Å². The van der Waals surface area contributed by atoms with E-state index in [1.54, 1.807) is 40.2 Å². The summed E-state index contributed by atoms with van der Waals surface area (Å²) in [6.45, 7) is 0.423. The fraction of sp³-hybridized carbons (Fsp3) is 0.400. The topological polar surface area (TPSA) is 95.4 Å². The molecule has 0 bridgehead atoms. The number of carbonyl (C=O) groups is 2. The van der Waals surface area contributed by atoms with Gasteiger partial charge < -0.3 is 19.6 Å². The Hall–Kier alpha value is -3.37. The minimum Gasteiger partial charge on any atom is -0.345 e. The summed E-state index contributed by atoms with van der Waals surface area (Å²) in [6.07, 6.45) is 2.86. The van der Waals surface area contributed by atoms with Crippen molar-refractivity contribution in [1.82, 2.24) is 29.6 Å². The minimum absolute atomic E-state index is 0.0713. The second-order valence-electron chi connectivity index (χ2n) is 7.58. The van der Waals surface area contributed by atoms with Gasteiger partial charge in [0.15, 0.2) is 5.82 Å². The Balaban J connectivity index is 1.52. The first-order chi connectivity index (χ1) is 14.8. The van der Waals surface area contributed by atoms with Gasteiger partial charge in [-0.1, -0.05) is 0 Å². The number of nitrogens with zero attached hydrogens (tertiary/aromatic N) is 4. The van der Waals surface area contributed by atoms with E-state index in [0.29, 0.717) is 24.0 Å². The number of rotatable bonds is 5. The Kier molecular flexibility index (Phi) is 5.66. The van der Waals surface area contributed by atoms with Gasteiger partial charge in [0.1, 0.15) is 0 Å². The lowest BCUT2D eigenvalue weighted by molar-refractivity contribution is -0.138. The number of hydrogen-bond donors (Lipinski definition) is 2. The van der Waals surface area contributed by atoms with Crippen LogP contribution in [0.2, 0.25) is 0 Å². The summed E-state index contributed by atoms with van der Waals surface area (Å²) in [7, 11) is 0. The minimum atomic E-state index is -4.28. The van der Waals surface area contributed by atoms with Gasteiger partial charge >= 0.3 is 6.18 Å². The molecule has 1 fully saturated rings. The summed E-state index contributed by atoms with van der Waals surface area (Å²) in [6, 6.07) is 2.79. The molecule has 0 saturated carbocycles. The second kappa shape index (κ2) is 8.40. The van der Waals surface area contributed by atoms with Crippen LogP contribution in [0, 0.1) is 5.92 Å². The van der Waals surface area contributed by atoms with E-state index in [0.717, 1.165) is 0 Å². The van der Waals surface area contributed by atoms with E-state index < -0.39 is 30.5 Å². The van der Waals surface area contributed by atoms with E-state index in [-0.39, 0.29) is 24.7 Å². The fourth-order valence-corrected chi connectivity index (χ4v) is 3.97. The Labute approximate surface area is 175 Å². The van der Waals surface area contributed by atoms with E-state index in [9.17, 15) is 22.8 Å². The van der Waals surface area contributed by atoms with E-state index in [1.807, 2.05) is 0 Å². The van der Waals surface area contributed by atoms with Crippen molar-refractivity contribution >= 4 is 17.3 Å². The number of pyridine rings is 1. The third-order valence-electron chi connectivity index (χ3n) is 5.55. The van der Waals surface area contributed by atoms with Gasteiger partial charge in [-0.2, -0.15) is 13.2 Å². The first-order valence-corrected chi connectivity index (χ1v) is 9.89. The van der Waals surface area contributed by atoms with Gasteiger partial charge in [0.05, 0.1) is 23.6 Å². The van der Waals surface area contributed by atoms with Crippen LogP contribution < -0.4 is 5.32 Å². The second-order valence-corrected chi connectivity index (χ2v) is 7.58. The lowest BCUT2D eigenvalue weighted by atomic mass is 9.87. The maximum atomic E-state index is 13.2. The van der Waals surface area contributed by atoms with Gasteiger partial charge in [-0.3, -0.25) is 9.59 Å². The molecule has 31 heavy (non-hydrogen) atoms. The Morgan fingerprint density at radius 1 is 1.32 bits per heavy atom. The number of nitrogens with one attached hydrogen (secondary N) is 2. The van der Waals surface area contributed by atoms with Crippen molar-refractivity contribution in [2.24, 2.45) is 5.92 Å². The molecule has 8 nitrogen and oxygen atoms in total. The number of halogens is 3. The average Bonchev–Trinajstić information content (AvgIpc) is 3.43. The fourth-order valence-electron chi connectivity index (χ4n) is 3.97. The predicted molar refractivity (Wildman–Crippen MR) is 104 cm³/mol. The number of piperidine rings is 1. The summed E-state index contributed by atoms with van der Waals surface area (Å²) >= 11 is 0. The maximum Gasteiger partial charge on any atom is 0.389 e. The number of imidazole rings is 2. The molecule has 1 saturated heterocycles. The van der Waals surface area contributed by atoms with Crippen LogP contribution in [-0.4, -0.2) is 61.4 Å². The standard InChI is InChI=1S/C20H21F3N6O2/c21-20(22,23)5-3-13-4-9-28(11-15(13)27-18(30)17-25-6-7-26-17)19(31)14-2-1-8-29-12-24-10-16(14)29/h1-2,6-8,10,12-13,15H,3-5,9,11H2,(H,25,26)(H,27,30)/t13-,15-/m1/s1. The van der Waals surface area contributed by atoms with Crippen molar-refractivity contribution in [3.63, 3.8) is 0 Å². The van der Waals surface area contributed by atoms with Gasteiger partial charge in [-0.05, 0) is 30.9 Å². The van der Waals surface area contributed by atoms with Crippen molar-refractivity contribution in [2.45, 2.75) is 31.5 Å². The van der Waals surface area contributed by atoms with E-state index >= 15 is 0 Å². The summed E-state index contributed by atoms with van der Waals surface area (Å²) in [5.41, 5.74) is 1.09. The van der Waals surface area contributed by atoms with Crippen LogP contribution in [0.4, 0.5) is 13.2 Å². The summed E-state index contributed by atoms with van der Waals surface area (Å²) in [5.74, 6) is -1.10. The van der Waals surface area contributed by atoms with Crippen molar-refractivity contribution in [3.05, 3.63) is 54.6 Å². The smallest absolute Gasteiger partial charge is 0.345 e. The summed E-state index contributed by atoms with van der Waals surface area (Å²) in [4.78, 5) is 37.8. The number of carbonyl (C=O) groups excluding carboxylic acids is 2. The van der Waals surface area contributed by atoms with Crippen LogP contribution in [0.15, 0.2) is 43.2 Å². The number of aromatic nitrogens is 4. The van der Waals surface area contributed by atoms with Crippen LogP contribution >= 0.6 is 0 Å². The monoisotopic (exact) mass is 434 g/mol. The van der Waals surface area contributed by atoms with E-state index in [2.05, 4.69) is 20.3 Å². The Morgan fingerprint density at radius 3 is 2.90 bits per heavy atom. The quantitative estimate of drug-likeness (QED) is 0.646. The van der Waals surface area contributed by atoms with Gasteiger partial charge in [-0.15, -0.1) is 0 Å². The predicted octanol–water partition coefficient (Wildman–Crippen LogP) is 2.66. The molecule has 2 amide bonds. The van der Waals surface area contributed by atoms with Gasteiger partial charge in [0, 0.05) is 44.1 Å². The Morgan fingerprint density at radius 2 is 2.16 bits per heavy atom. The highest BCUT2D eigenvalue weighted by atomic mass is 19.4. The number of amides is 2. The lowest BCUT2D eigenvalue weighted by Gasteiger charge is -2.39. The molecular weight excluding hydrogens is 413 g/mol. The number of alkyl halides is 3. The normalized spacial score (nSPS) is 19.5. The first-order valence-electron chi connectivity index (χ1n) is 9.89. The molecular formula is C20H21F3N6O2. The van der Waals surface area contributed by atoms with Gasteiger partial charge in [-0.25, -0.2) is 9.97 Å². The highest BCUT2D eigenvalue weighted by Crippen LogP contribution is 2.30. The molecule has 0 aromatic carbocycles. The molecule has 0 radical (unpaired) electrons. The zero-order valence-electron chi connectivity index (χ0n) is 16.5. The van der Waals surface area contributed by atoms with Gasteiger partial charge in [0.25, 0.3) is 11.8 Å². The van der Waals surface area contributed by atoms with E-state index in [4.69, 9.17) is 0 Å². The summed E-state index contributed by atoms with van der Waals surface area (Å²) in [5, 5.41) is 2.76. The molecule has 164 valence electrons. The molecule has 0 aliphatic carbocycles. The average molecular weight is 434 g/mol. The Bertz CT molecular complexity index is 1060. The van der Waals surface area contributed by atoms with Crippen molar-refractivity contribution in [1.29, 1.82) is 0 Å². The molecule has 11 heteroatoms. The summed E-state index contributed by atoms with van der Waals surface area (Å²) < 4.78 is 40.1. The molecule has 3 aromatic rings. The highest BCUT2D eigenvalue weighted by Gasteiger charge is 2.36. The zero-order valence-corrected chi connectivity index (χ0v) is 16.5. The maximum absolute atomic E-state index is 13.2. The third kappa shape index (κ3) is 4.70. The van der Waals surface area contributed by atoms with Crippen molar-refractivity contribution in [2.75, 3.05) is 13.1 Å². The number of aromatic amines is 1.